The number of nitrogens with zero attached hydrogens (tertiary/aromatic N) is 2. The molecule has 1 atom stereocenters. The first-order valence-electron chi connectivity index (χ1n) is 11.4. The van der Waals surface area contributed by atoms with Crippen LogP contribution in [0.4, 0.5) is 18.9 Å². The summed E-state index contributed by atoms with van der Waals surface area (Å²) >= 11 is 6.15. The van der Waals surface area contributed by atoms with Crippen molar-refractivity contribution in [1.29, 1.82) is 0 Å². The first-order valence-corrected chi connectivity index (χ1v) is 11.8. The zero-order valence-electron chi connectivity index (χ0n) is 19.9. The molecule has 1 heterocycles. The van der Waals surface area contributed by atoms with Gasteiger partial charge in [-0.15, -0.1) is 0 Å². The Labute approximate surface area is 221 Å². The zero-order valence-corrected chi connectivity index (χ0v) is 20.7. The van der Waals surface area contributed by atoms with Gasteiger partial charge in [0, 0.05) is 34.1 Å². The van der Waals surface area contributed by atoms with E-state index in [-0.39, 0.29) is 5.69 Å². The van der Waals surface area contributed by atoms with E-state index in [4.69, 9.17) is 16.3 Å². The van der Waals surface area contributed by atoms with Crippen molar-refractivity contribution in [3.8, 4) is 16.9 Å². The van der Waals surface area contributed by atoms with Crippen LogP contribution in [0.25, 0.3) is 23.0 Å². The van der Waals surface area contributed by atoms with Crippen molar-refractivity contribution in [2.24, 2.45) is 0 Å². The van der Waals surface area contributed by atoms with Crippen LogP contribution in [0, 0.1) is 0 Å². The third-order valence-electron chi connectivity index (χ3n) is 5.38. The van der Waals surface area contributed by atoms with Crippen molar-refractivity contribution >= 4 is 35.2 Å². The second kappa shape index (κ2) is 11.4. The van der Waals surface area contributed by atoms with Crippen molar-refractivity contribution in [2.75, 3.05) is 5.32 Å². The molecule has 1 N–H and O–H groups in total. The van der Waals surface area contributed by atoms with Crippen LogP contribution in [0.5, 0.6) is 0 Å². The third kappa shape index (κ3) is 6.68. The van der Waals surface area contributed by atoms with E-state index < -0.39 is 29.7 Å². The molecule has 4 aromatic rings. The predicted molar refractivity (Wildman–Crippen MR) is 139 cm³/mol. The van der Waals surface area contributed by atoms with Crippen LogP contribution in [-0.2, 0) is 20.5 Å². The summed E-state index contributed by atoms with van der Waals surface area (Å²) in [5.41, 5.74) is 1.72. The van der Waals surface area contributed by atoms with Crippen LogP contribution < -0.4 is 5.32 Å². The second-order valence-corrected chi connectivity index (χ2v) is 8.64. The maximum Gasteiger partial charge on any atom is 0.416 e. The monoisotopic (exact) mass is 539 g/mol. The zero-order chi connectivity index (χ0) is 27.3. The van der Waals surface area contributed by atoms with E-state index in [9.17, 15) is 22.8 Å². The topological polar surface area (TPSA) is 73.2 Å². The lowest BCUT2D eigenvalue weighted by Crippen LogP contribution is -2.29. The Bertz CT molecular complexity index is 1480. The van der Waals surface area contributed by atoms with Gasteiger partial charge < -0.3 is 10.1 Å². The fraction of sp³-hybridized carbons (Fsp3) is 0.107. The molecule has 1 aromatic heterocycles. The Morgan fingerprint density at radius 1 is 1.03 bits per heavy atom. The number of carbonyl (C=O) groups is 2. The number of benzene rings is 3. The van der Waals surface area contributed by atoms with Gasteiger partial charge >= 0.3 is 12.1 Å². The molecule has 38 heavy (non-hydrogen) atoms. The molecule has 0 spiro atoms. The van der Waals surface area contributed by atoms with Gasteiger partial charge in [-0.1, -0.05) is 48.0 Å². The van der Waals surface area contributed by atoms with Gasteiger partial charge in [-0.25, -0.2) is 9.48 Å². The Hall–Kier alpha value is -4.37. The highest BCUT2D eigenvalue weighted by molar-refractivity contribution is 6.30. The third-order valence-corrected chi connectivity index (χ3v) is 5.61. The lowest BCUT2D eigenvalue weighted by molar-refractivity contribution is -0.148. The normalized spacial score (nSPS) is 12.3. The van der Waals surface area contributed by atoms with Gasteiger partial charge in [0.05, 0.1) is 11.3 Å². The fourth-order valence-electron chi connectivity index (χ4n) is 3.52. The van der Waals surface area contributed by atoms with Crippen molar-refractivity contribution in [2.45, 2.75) is 19.2 Å². The fourth-order valence-corrected chi connectivity index (χ4v) is 3.71. The molecule has 0 fully saturated rings. The molecule has 4 rings (SSSR count). The number of halogens is 4. The molecule has 0 aliphatic rings. The van der Waals surface area contributed by atoms with Crippen molar-refractivity contribution < 1.29 is 27.5 Å². The van der Waals surface area contributed by atoms with Crippen LogP contribution in [0.3, 0.4) is 0 Å². The molecule has 194 valence electrons. The van der Waals surface area contributed by atoms with E-state index in [0.29, 0.717) is 16.3 Å². The first kappa shape index (κ1) is 26.7. The smallest absolute Gasteiger partial charge is 0.416 e. The van der Waals surface area contributed by atoms with Crippen LogP contribution in [0.15, 0.2) is 91.1 Å². The molecule has 0 saturated heterocycles. The minimum absolute atomic E-state index is 0.0669. The van der Waals surface area contributed by atoms with Crippen LogP contribution in [0.2, 0.25) is 5.02 Å². The first-order chi connectivity index (χ1) is 18.1. The lowest BCUT2D eigenvalue weighted by Gasteiger charge is -2.13. The van der Waals surface area contributed by atoms with E-state index in [0.717, 1.165) is 29.5 Å². The molecule has 0 bridgehead atoms. The highest BCUT2D eigenvalue weighted by atomic mass is 35.5. The molecule has 6 nitrogen and oxygen atoms in total. The Morgan fingerprint density at radius 2 is 1.76 bits per heavy atom. The van der Waals surface area contributed by atoms with E-state index in [1.54, 1.807) is 29.1 Å². The van der Waals surface area contributed by atoms with Gasteiger partial charge in [0.15, 0.2) is 6.10 Å². The van der Waals surface area contributed by atoms with Gasteiger partial charge in [-0.05, 0) is 55.5 Å². The van der Waals surface area contributed by atoms with E-state index in [1.807, 2.05) is 36.4 Å². The van der Waals surface area contributed by atoms with E-state index >= 15 is 0 Å². The summed E-state index contributed by atoms with van der Waals surface area (Å²) in [5.74, 6) is -1.59. The average molecular weight is 540 g/mol. The van der Waals surface area contributed by atoms with Crippen LogP contribution in [0.1, 0.15) is 18.1 Å². The maximum atomic E-state index is 12.9. The average Bonchev–Trinajstić information content (AvgIpc) is 3.32. The van der Waals surface area contributed by atoms with Gasteiger partial charge in [-0.3, -0.25) is 4.79 Å². The summed E-state index contributed by atoms with van der Waals surface area (Å²) in [4.78, 5) is 24.9. The molecule has 0 aliphatic carbocycles. The van der Waals surface area contributed by atoms with Gasteiger partial charge in [0.2, 0.25) is 0 Å². The molecular formula is C28H21ClF3N3O3. The highest BCUT2D eigenvalue weighted by Gasteiger charge is 2.30. The quantitative estimate of drug-likeness (QED) is 0.207. The minimum Gasteiger partial charge on any atom is -0.449 e. The summed E-state index contributed by atoms with van der Waals surface area (Å²) in [6, 6.07) is 20.6. The molecule has 0 aliphatic heterocycles. The van der Waals surface area contributed by atoms with Crippen molar-refractivity contribution in [1.82, 2.24) is 9.78 Å². The summed E-state index contributed by atoms with van der Waals surface area (Å²) in [6.07, 6.45) is -1.43. The maximum absolute atomic E-state index is 12.9. The Kier molecular flexibility index (Phi) is 7.97. The van der Waals surface area contributed by atoms with Crippen LogP contribution in [-0.4, -0.2) is 27.8 Å². The molecular weight excluding hydrogens is 519 g/mol. The second-order valence-electron chi connectivity index (χ2n) is 8.20. The SMILES string of the molecule is CC(OC(=O)/C=C/c1cn(-c2ccccc2)nc1-c1cccc(Cl)c1)C(=O)Nc1cccc(C(F)(F)F)c1. The number of amides is 1. The number of hydrogen-bond donors (Lipinski definition) is 1. The summed E-state index contributed by atoms with van der Waals surface area (Å²) in [5, 5.41) is 7.49. The lowest BCUT2D eigenvalue weighted by atomic mass is 10.1. The number of nitrogens with one attached hydrogen (secondary N) is 1. The molecule has 3 aromatic carbocycles. The van der Waals surface area contributed by atoms with Crippen LogP contribution >= 0.6 is 11.6 Å². The number of para-hydroxylation sites is 1. The number of alkyl halides is 3. The van der Waals surface area contributed by atoms with Gasteiger partial charge in [0.1, 0.15) is 5.69 Å². The van der Waals surface area contributed by atoms with Crippen molar-refractivity contribution in [3.05, 3.63) is 107 Å². The number of aromatic nitrogens is 2. The summed E-state index contributed by atoms with van der Waals surface area (Å²) in [6.45, 7) is 1.32. The number of esters is 1. The summed E-state index contributed by atoms with van der Waals surface area (Å²) < 4.78 is 45.5. The minimum atomic E-state index is -4.55. The number of carbonyl (C=O) groups excluding carboxylic acids is 2. The molecule has 0 radical (unpaired) electrons. The largest absolute Gasteiger partial charge is 0.449 e. The van der Waals surface area contributed by atoms with Crippen molar-refractivity contribution in [3.63, 3.8) is 0 Å². The van der Waals surface area contributed by atoms with E-state index in [2.05, 4.69) is 10.4 Å². The number of hydrogen-bond acceptors (Lipinski definition) is 4. The van der Waals surface area contributed by atoms with E-state index in [1.165, 1.54) is 25.1 Å². The number of rotatable bonds is 7. The van der Waals surface area contributed by atoms with Gasteiger partial charge in [0.25, 0.3) is 5.91 Å². The summed E-state index contributed by atoms with van der Waals surface area (Å²) in [7, 11) is 0. The Balaban J connectivity index is 1.49. The number of ether oxygens (including phenoxy) is 1. The Morgan fingerprint density at radius 3 is 2.47 bits per heavy atom. The molecule has 1 unspecified atom stereocenters. The number of anilines is 1. The predicted octanol–water partition coefficient (Wildman–Crippen LogP) is 6.80. The highest BCUT2D eigenvalue weighted by Crippen LogP contribution is 2.31. The molecule has 0 saturated carbocycles. The standard InChI is InChI=1S/C28H21ClF3N3O3/c1-18(27(37)33-23-10-6-8-21(16-23)28(30,31)32)38-25(36)14-13-20-17-35(24-11-3-2-4-12-24)34-26(20)19-7-5-9-22(29)15-19/h2-18H,1H3,(H,33,37)/b14-13+. The molecule has 1 amide bonds. The molecule has 10 heteroatoms. The van der Waals surface area contributed by atoms with Gasteiger partial charge in [-0.2, -0.15) is 18.3 Å².